The predicted octanol–water partition coefficient (Wildman–Crippen LogP) is 3.82. The first-order chi connectivity index (χ1) is 13.1. The lowest BCUT2D eigenvalue weighted by Gasteiger charge is -2.08. The van der Waals surface area contributed by atoms with Gasteiger partial charge in [0.1, 0.15) is 10.7 Å². The predicted molar refractivity (Wildman–Crippen MR) is 97.4 cm³/mol. The summed E-state index contributed by atoms with van der Waals surface area (Å²) >= 11 is 5.76. The zero-order valence-corrected chi connectivity index (χ0v) is 16.1. The Morgan fingerprint density at radius 1 is 1.18 bits per heavy atom. The van der Waals surface area contributed by atoms with Gasteiger partial charge in [0, 0.05) is 24.8 Å². The van der Waals surface area contributed by atoms with E-state index in [0.29, 0.717) is 5.69 Å². The van der Waals surface area contributed by atoms with Crippen molar-refractivity contribution in [3.8, 4) is 5.69 Å². The molecule has 0 unspecified atom stereocenters. The number of nitrogens with one attached hydrogen (secondary N) is 1. The second-order valence-corrected chi connectivity index (χ2v) is 6.59. The van der Waals surface area contributed by atoms with Crippen molar-refractivity contribution in [1.29, 1.82) is 0 Å². The molecule has 1 aromatic carbocycles. The molecule has 2 aromatic heterocycles. The molecule has 10 heteroatoms. The highest BCUT2D eigenvalue weighted by Gasteiger charge is 2.39. The highest BCUT2D eigenvalue weighted by Crippen LogP contribution is 2.35. The second-order valence-electron chi connectivity index (χ2n) is 6.21. The Morgan fingerprint density at radius 3 is 2.39 bits per heavy atom. The third-order valence-electron chi connectivity index (χ3n) is 4.34. The zero-order valence-electron chi connectivity index (χ0n) is 15.3. The summed E-state index contributed by atoms with van der Waals surface area (Å²) in [5, 5.41) is 9.68. The number of amides is 1. The number of rotatable bonds is 4. The number of alkyl halides is 3. The number of nitrogens with zero attached hydrogens (tertiary/aromatic N) is 4. The SMILES string of the molecule is Cc1nn(-c2ccccc2)c(C)c1CNC(=O)c1c(Cl)c(C(F)(F)F)nn1C. The molecule has 0 saturated heterocycles. The third-order valence-corrected chi connectivity index (χ3v) is 4.70. The quantitative estimate of drug-likeness (QED) is 0.709. The Labute approximate surface area is 163 Å². The van der Waals surface area contributed by atoms with Crippen LogP contribution in [0.5, 0.6) is 0 Å². The molecule has 148 valence electrons. The van der Waals surface area contributed by atoms with Gasteiger partial charge in [-0.3, -0.25) is 9.48 Å². The van der Waals surface area contributed by atoms with Crippen molar-refractivity contribution in [2.24, 2.45) is 7.05 Å². The van der Waals surface area contributed by atoms with Crippen molar-refractivity contribution < 1.29 is 18.0 Å². The highest BCUT2D eigenvalue weighted by atomic mass is 35.5. The van der Waals surface area contributed by atoms with Crippen molar-refractivity contribution in [3.63, 3.8) is 0 Å². The van der Waals surface area contributed by atoms with Crippen LogP contribution in [0.4, 0.5) is 13.2 Å². The molecular formula is C18H17ClF3N5O. The molecule has 0 saturated carbocycles. The highest BCUT2D eigenvalue weighted by molar-refractivity contribution is 6.34. The van der Waals surface area contributed by atoms with Crippen LogP contribution in [0.25, 0.3) is 5.69 Å². The maximum absolute atomic E-state index is 12.9. The monoisotopic (exact) mass is 411 g/mol. The van der Waals surface area contributed by atoms with Gasteiger partial charge in [0.15, 0.2) is 5.69 Å². The van der Waals surface area contributed by atoms with Crippen LogP contribution in [0.15, 0.2) is 30.3 Å². The van der Waals surface area contributed by atoms with Crippen molar-refractivity contribution in [2.45, 2.75) is 26.6 Å². The van der Waals surface area contributed by atoms with Gasteiger partial charge in [-0.2, -0.15) is 23.4 Å². The van der Waals surface area contributed by atoms with E-state index in [2.05, 4.69) is 15.5 Å². The Morgan fingerprint density at radius 2 is 1.82 bits per heavy atom. The average Bonchev–Trinajstić information content (AvgIpc) is 3.09. The van der Waals surface area contributed by atoms with Crippen LogP contribution in [0.3, 0.4) is 0 Å². The molecule has 1 amide bonds. The molecule has 0 radical (unpaired) electrons. The molecule has 28 heavy (non-hydrogen) atoms. The van der Waals surface area contributed by atoms with E-state index in [-0.39, 0.29) is 12.2 Å². The fourth-order valence-electron chi connectivity index (χ4n) is 2.93. The molecule has 0 spiro atoms. The third kappa shape index (κ3) is 3.62. The maximum atomic E-state index is 12.9. The van der Waals surface area contributed by atoms with Gasteiger partial charge in [-0.15, -0.1) is 0 Å². The van der Waals surface area contributed by atoms with Gasteiger partial charge in [-0.05, 0) is 26.0 Å². The number of benzene rings is 1. The molecular weight excluding hydrogens is 395 g/mol. The lowest BCUT2D eigenvalue weighted by molar-refractivity contribution is -0.141. The van der Waals surface area contributed by atoms with Crippen LogP contribution in [0.2, 0.25) is 5.02 Å². The van der Waals surface area contributed by atoms with Gasteiger partial charge in [0.05, 0.1) is 11.4 Å². The number of aryl methyl sites for hydroxylation is 2. The Hall–Kier alpha value is -2.81. The molecule has 3 rings (SSSR count). The number of hydrogen-bond donors (Lipinski definition) is 1. The first-order valence-corrected chi connectivity index (χ1v) is 8.67. The van der Waals surface area contributed by atoms with E-state index >= 15 is 0 Å². The van der Waals surface area contributed by atoms with Gasteiger partial charge >= 0.3 is 6.18 Å². The second kappa shape index (κ2) is 7.31. The Balaban J connectivity index is 1.83. The van der Waals surface area contributed by atoms with E-state index < -0.39 is 22.8 Å². The van der Waals surface area contributed by atoms with Crippen molar-refractivity contribution in [3.05, 3.63) is 63.7 Å². The summed E-state index contributed by atoms with van der Waals surface area (Å²) in [6.45, 7) is 3.74. The largest absolute Gasteiger partial charge is 0.436 e. The van der Waals surface area contributed by atoms with Crippen LogP contribution in [0, 0.1) is 13.8 Å². The standard InChI is InChI=1S/C18H17ClF3N5O/c1-10-13(11(2)27(24-10)12-7-5-4-6-8-12)9-23-17(28)15-14(19)16(18(20,21)22)25-26(15)3/h4-8H,9H2,1-3H3,(H,23,28). The molecule has 0 aliphatic heterocycles. The minimum atomic E-state index is -4.74. The average molecular weight is 412 g/mol. The van der Waals surface area contributed by atoms with E-state index in [1.807, 2.05) is 37.3 Å². The number of carbonyl (C=O) groups excluding carboxylic acids is 1. The molecule has 0 aliphatic carbocycles. The van der Waals surface area contributed by atoms with E-state index in [1.165, 1.54) is 7.05 Å². The Bertz CT molecular complexity index is 1020. The van der Waals surface area contributed by atoms with Crippen LogP contribution in [-0.2, 0) is 19.8 Å². The molecule has 0 atom stereocenters. The fourth-order valence-corrected chi connectivity index (χ4v) is 3.28. The lowest BCUT2D eigenvalue weighted by Crippen LogP contribution is -2.26. The number of para-hydroxylation sites is 1. The van der Waals surface area contributed by atoms with Gasteiger partial charge in [0.25, 0.3) is 5.91 Å². The zero-order chi connectivity index (χ0) is 20.6. The normalized spacial score (nSPS) is 11.7. The minimum Gasteiger partial charge on any atom is -0.346 e. The van der Waals surface area contributed by atoms with Crippen molar-refractivity contribution in [2.75, 3.05) is 0 Å². The van der Waals surface area contributed by atoms with Gasteiger partial charge in [-0.1, -0.05) is 29.8 Å². The maximum Gasteiger partial charge on any atom is 0.436 e. The van der Waals surface area contributed by atoms with Crippen molar-refractivity contribution >= 4 is 17.5 Å². The van der Waals surface area contributed by atoms with Crippen LogP contribution < -0.4 is 5.32 Å². The molecule has 1 N–H and O–H groups in total. The summed E-state index contributed by atoms with van der Waals surface area (Å²) < 4.78 is 41.3. The van der Waals surface area contributed by atoms with Crippen LogP contribution >= 0.6 is 11.6 Å². The summed E-state index contributed by atoms with van der Waals surface area (Å²) in [6, 6.07) is 9.46. The number of hydrogen-bond acceptors (Lipinski definition) is 3. The van der Waals surface area contributed by atoms with Crippen LogP contribution in [0.1, 0.15) is 33.1 Å². The summed E-state index contributed by atoms with van der Waals surface area (Å²) in [5.74, 6) is -0.748. The Kier molecular flexibility index (Phi) is 5.20. The van der Waals surface area contributed by atoms with Gasteiger partial charge in [0.2, 0.25) is 0 Å². The number of carbonyl (C=O) groups is 1. The van der Waals surface area contributed by atoms with E-state index in [0.717, 1.165) is 21.6 Å². The van der Waals surface area contributed by atoms with Gasteiger partial charge < -0.3 is 5.32 Å². The van der Waals surface area contributed by atoms with Gasteiger partial charge in [-0.25, -0.2) is 4.68 Å². The first-order valence-electron chi connectivity index (χ1n) is 8.29. The molecule has 0 bridgehead atoms. The summed E-state index contributed by atoms with van der Waals surface area (Å²) in [6.07, 6.45) is -4.74. The molecule has 6 nitrogen and oxygen atoms in total. The number of halogens is 4. The van der Waals surface area contributed by atoms with Crippen LogP contribution in [-0.4, -0.2) is 25.5 Å². The van der Waals surface area contributed by atoms with Crippen molar-refractivity contribution in [1.82, 2.24) is 24.9 Å². The van der Waals surface area contributed by atoms with E-state index in [1.54, 1.807) is 11.6 Å². The topological polar surface area (TPSA) is 64.7 Å². The number of aromatic nitrogens is 4. The van der Waals surface area contributed by atoms with E-state index in [4.69, 9.17) is 11.6 Å². The summed E-state index contributed by atoms with van der Waals surface area (Å²) in [4.78, 5) is 12.4. The smallest absolute Gasteiger partial charge is 0.346 e. The molecule has 0 fully saturated rings. The summed E-state index contributed by atoms with van der Waals surface area (Å²) in [5.41, 5.74) is 1.52. The molecule has 2 heterocycles. The molecule has 0 aliphatic rings. The minimum absolute atomic E-state index is 0.0895. The molecule has 3 aromatic rings. The first kappa shape index (κ1) is 19.9. The summed E-state index contributed by atoms with van der Waals surface area (Å²) in [7, 11) is 1.24. The fraction of sp³-hybridized carbons (Fsp3) is 0.278. The van der Waals surface area contributed by atoms with E-state index in [9.17, 15) is 18.0 Å². The lowest BCUT2D eigenvalue weighted by atomic mass is 10.2.